The maximum absolute atomic E-state index is 12.1. The average molecular weight is 334 g/mol. The van der Waals surface area contributed by atoms with E-state index in [4.69, 9.17) is 14.2 Å². The number of anilines is 1. The molecule has 0 unspecified atom stereocenters. The molecule has 2 saturated heterocycles. The van der Waals surface area contributed by atoms with Crippen molar-refractivity contribution in [2.45, 2.75) is 51.6 Å². The van der Waals surface area contributed by atoms with Crippen molar-refractivity contribution in [3.63, 3.8) is 0 Å². The number of nitrogens with zero attached hydrogens (tertiary/aromatic N) is 2. The van der Waals surface area contributed by atoms with Gasteiger partial charge < -0.3 is 19.1 Å². The fraction of sp³-hybridized carbons (Fsp3) is 0.588. The third-order valence-corrected chi connectivity index (χ3v) is 4.10. The number of esters is 2. The van der Waals surface area contributed by atoms with E-state index in [1.54, 1.807) is 19.1 Å². The number of hydrogen-bond donors (Lipinski definition) is 0. The highest BCUT2D eigenvalue weighted by atomic mass is 16.6. The minimum atomic E-state index is -0.826. The Morgan fingerprint density at radius 2 is 1.92 bits per heavy atom. The van der Waals surface area contributed by atoms with Gasteiger partial charge in [0.15, 0.2) is 0 Å². The molecule has 24 heavy (non-hydrogen) atoms. The van der Waals surface area contributed by atoms with Crippen molar-refractivity contribution < 1.29 is 23.8 Å². The smallest absolute Gasteiger partial charge is 0.347 e. The number of carbonyl (C=O) groups excluding carboxylic acids is 2. The summed E-state index contributed by atoms with van der Waals surface area (Å²) in [6, 6.07) is 3.45. The van der Waals surface area contributed by atoms with Crippen molar-refractivity contribution in [1.82, 2.24) is 4.98 Å². The number of rotatable bonds is 3. The van der Waals surface area contributed by atoms with Gasteiger partial charge in [0.25, 0.3) is 0 Å². The largest absolute Gasteiger partial charge is 0.460 e. The number of cyclic esters (lactones) is 1. The first-order valence-electron chi connectivity index (χ1n) is 8.20. The lowest BCUT2D eigenvalue weighted by molar-refractivity contribution is -0.147. The van der Waals surface area contributed by atoms with Gasteiger partial charge >= 0.3 is 11.9 Å². The zero-order valence-corrected chi connectivity index (χ0v) is 14.1. The van der Waals surface area contributed by atoms with E-state index < -0.39 is 18.0 Å². The predicted octanol–water partition coefficient (Wildman–Crippen LogP) is 1.56. The summed E-state index contributed by atoms with van der Waals surface area (Å²) in [5.74, 6) is -0.256. The number of hydrogen-bond acceptors (Lipinski definition) is 7. The lowest BCUT2D eigenvalue weighted by Crippen LogP contribution is -2.45. The molecule has 0 bridgehead atoms. The molecule has 2 fully saturated rings. The monoisotopic (exact) mass is 334 g/mol. The van der Waals surface area contributed by atoms with Gasteiger partial charge in [-0.1, -0.05) is 0 Å². The SMILES string of the molecule is C[C@@H]1C[C@H](OC(=O)c2ccc(N3C[C@@H](C)O[C@H](C)C3)nc2)C(=O)O1. The highest BCUT2D eigenvalue weighted by Gasteiger charge is 2.35. The Morgan fingerprint density at radius 1 is 1.21 bits per heavy atom. The molecule has 2 aliphatic heterocycles. The fourth-order valence-corrected chi connectivity index (χ4v) is 3.07. The molecule has 0 saturated carbocycles. The van der Waals surface area contributed by atoms with Crippen LogP contribution < -0.4 is 4.90 Å². The zero-order valence-electron chi connectivity index (χ0n) is 14.1. The highest BCUT2D eigenvalue weighted by Crippen LogP contribution is 2.21. The molecule has 1 aromatic rings. The molecule has 3 heterocycles. The normalized spacial score (nSPS) is 30.1. The van der Waals surface area contributed by atoms with Gasteiger partial charge in [-0.25, -0.2) is 14.6 Å². The van der Waals surface area contributed by atoms with E-state index in [1.165, 1.54) is 6.20 Å². The van der Waals surface area contributed by atoms with Crippen LogP contribution in [0.25, 0.3) is 0 Å². The molecular weight excluding hydrogens is 312 g/mol. The number of aromatic nitrogens is 1. The van der Waals surface area contributed by atoms with E-state index in [9.17, 15) is 9.59 Å². The van der Waals surface area contributed by atoms with Gasteiger partial charge in [0.2, 0.25) is 6.10 Å². The predicted molar refractivity (Wildman–Crippen MR) is 85.8 cm³/mol. The van der Waals surface area contributed by atoms with Crippen LogP contribution in [0.5, 0.6) is 0 Å². The highest BCUT2D eigenvalue weighted by molar-refractivity contribution is 5.91. The topological polar surface area (TPSA) is 78.0 Å². The second-order valence-electron chi connectivity index (χ2n) is 6.44. The lowest BCUT2D eigenvalue weighted by atomic mass is 10.2. The third kappa shape index (κ3) is 3.67. The first-order chi connectivity index (χ1) is 11.4. The Hall–Kier alpha value is -2.15. The first kappa shape index (κ1) is 16.7. The summed E-state index contributed by atoms with van der Waals surface area (Å²) < 4.78 is 15.9. The van der Waals surface area contributed by atoms with E-state index in [1.807, 2.05) is 13.8 Å². The maximum Gasteiger partial charge on any atom is 0.347 e. The molecule has 0 amide bonds. The van der Waals surface area contributed by atoms with E-state index in [-0.39, 0.29) is 18.3 Å². The van der Waals surface area contributed by atoms with Gasteiger partial charge in [-0.15, -0.1) is 0 Å². The van der Waals surface area contributed by atoms with Crippen LogP contribution in [0.2, 0.25) is 0 Å². The van der Waals surface area contributed by atoms with E-state index >= 15 is 0 Å². The molecule has 130 valence electrons. The molecule has 0 spiro atoms. The second kappa shape index (κ2) is 6.76. The summed E-state index contributed by atoms with van der Waals surface area (Å²) in [6.45, 7) is 7.33. The van der Waals surface area contributed by atoms with E-state index in [0.717, 1.165) is 18.9 Å². The minimum absolute atomic E-state index is 0.135. The molecule has 1 aromatic heterocycles. The lowest BCUT2D eigenvalue weighted by Gasteiger charge is -2.36. The van der Waals surface area contributed by atoms with Gasteiger partial charge in [0, 0.05) is 25.7 Å². The fourth-order valence-electron chi connectivity index (χ4n) is 3.07. The van der Waals surface area contributed by atoms with Gasteiger partial charge in [0.05, 0.1) is 17.8 Å². The molecule has 0 radical (unpaired) electrons. The van der Waals surface area contributed by atoms with Crippen molar-refractivity contribution in [1.29, 1.82) is 0 Å². The van der Waals surface area contributed by atoms with Crippen LogP contribution in [0.4, 0.5) is 5.82 Å². The van der Waals surface area contributed by atoms with Crippen LogP contribution in [-0.2, 0) is 19.0 Å². The number of ether oxygens (including phenoxy) is 3. The van der Waals surface area contributed by atoms with E-state index in [2.05, 4.69) is 9.88 Å². The summed E-state index contributed by atoms with van der Waals surface area (Å²) in [5, 5.41) is 0. The molecule has 2 aliphatic rings. The van der Waals surface area contributed by atoms with Crippen molar-refractivity contribution in [3.05, 3.63) is 23.9 Å². The molecule has 0 aromatic carbocycles. The maximum atomic E-state index is 12.1. The van der Waals surface area contributed by atoms with E-state index in [0.29, 0.717) is 12.0 Å². The molecule has 0 N–H and O–H groups in total. The molecule has 0 aliphatic carbocycles. The molecule has 4 atom stereocenters. The minimum Gasteiger partial charge on any atom is -0.460 e. The summed E-state index contributed by atoms with van der Waals surface area (Å²) in [4.78, 5) is 30.2. The Labute approximate surface area is 140 Å². The van der Waals surface area contributed by atoms with Crippen LogP contribution in [0.15, 0.2) is 18.3 Å². The first-order valence-corrected chi connectivity index (χ1v) is 8.20. The second-order valence-corrected chi connectivity index (χ2v) is 6.44. The summed E-state index contributed by atoms with van der Waals surface area (Å²) in [7, 11) is 0. The van der Waals surface area contributed by atoms with Crippen LogP contribution in [0.1, 0.15) is 37.6 Å². The van der Waals surface area contributed by atoms with Crippen molar-refractivity contribution in [2.24, 2.45) is 0 Å². The quantitative estimate of drug-likeness (QED) is 0.776. The van der Waals surface area contributed by atoms with Gasteiger partial charge in [-0.3, -0.25) is 0 Å². The number of morpholine rings is 1. The van der Waals surface area contributed by atoms with Crippen molar-refractivity contribution in [2.75, 3.05) is 18.0 Å². The van der Waals surface area contributed by atoms with Crippen LogP contribution in [0, 0.1) is 0 Å². The summed E-state index contributed by atoms with van der Waals surface area (Å²) in [6.07, 6.45) is 1.09. The van der Waals surface area contributed by atoms with Crippen LogP contribution >= 0.6 is 0 Å². The summed E-state index contributed by atoms with van der Waals surface area (Å²) in [5.41, 5.74) is 0.320. The Morgan fingerprint density at radius 3 is 2.46 bits per heavy atom. The molecule has 7 nitrogen and oxygen atoms in total. The third-order valence-electron chi connectivity index (χ3n) is 4.10. The Balaban J connectivity index is 1.63. The van der Waals surface area contributed by atoms with Crippen molar-refractivity contribution in [3.8, 4) is 0 Å². The molecule has 7 heteroatoms. The number of pyridine rings is 1. The Kier molecular flexibility index (Phi) is 4.71. The van der Waals surface area contributed by atoms with Crippen LogP contribution in [-0.4, -0.2) is 54.4 Å². The molecular formula is C17H22N2O5. The van der Waals surface area contributed by atoms with Gasteiger partial charge in [0.1, 0.15) is 11.9 Å². The average Bonchev–Trinajstić information content (AvgIpc) is 2.84. The zero-order chi connectivity index (χ0) is 17.3. The van der Waals surface area contributed by atoms with Crippen molar-refractivity contribution >= 4 is 17.8 Å². The van der Waals surface area contributed by atoms with Crippen LogP contribution in [0.3, 0.4) is 0 Å². The van der Waals surface area contributed by atoms with Gasteiger partial charge in [-0.05, 0) is 32.9 Å². The summed E-state index contributed by atoms with van der Waals surface area (Å²) >= 11 is 0. The standard InChI is InChI=1S/C17H22N2O5/c1-10-6-14(17(21)23-10)24-16(20)13-4-5-15(18-7-13)19-8-11(2)22-12(3)9-19/h4-5,7,10-12,14H,6,8-9H2,1-3H3/t10-,11-,12-,14+/m1/s1. The Bertz CT molecular complexity index is 608. The van der Waals surface area contributed by atoms with Gasteiger partial charge in [-0.2, -0.15) is 0 Å². The molecule has 3 rings (SSSR count). The number of carbonyl (C=O) groups is 2.